The molecular weight excluding hydrogens is 362 g/mol. The van der Waals surface area contributed by atoms with Gasteiger partial charge in [-0.2, -0.15) is 0 Å². The molecule has 0 N–H and O–H groups in total. The molecule has 4 aliphatic carbocycles. The molecule has 0 aromatic rings. The number of amides is 1. The van der Waals surface area contributed by atoms with Gasteiger partial charge in [-0.05, 0) is 102 Å². The quantitative estimate of drug-likeness (QED) is 0.593. The van der Waals surface area contributed by atoms with Crippen LogP contribution in [0.5, 0.6) is 0 Å². The van der Waals surface area contributed by atoms with Crippen molar-refractivity contribution in [3.8, 4) is 0 Å². The smallest absolute Gasteiger partial charge is 0.410 e. The first-order valence-electron chi connectivity index (χ1n) is 12.0. The Morgan fingerprint density at radius 2 is 1.45 bits per heavy atom. The molecule has 0 spiro atoms. The molecule has 6 rings (SSSR count). The van der Waals surface area contributed by atoms with Crippen LogP contribution in [0.2, 0.25) is 0 Å². The number of fused-ring (bicyclic) bond motifs is 2. The van der Waals surface area contributed by atoms with Gasteiger partial charge in [-0.1, -0.05) is 13.8 Å². The summed E-state index contributed by atoms with van der Waals surface area (Å²) in [5, 5.41) is 0. The lowest BCUT2D eigenvalue weighted by Gasteiger charge is -2.65. The second kappa shape index (κ2) is 6.01. The van der Waals surface area contributed by atoms with Crippen molar-refractivity contribution in [1.29, 1.82) is 0 Å². The standard InChI is InChI=1S/C25H39NO3/c1-22(2,3)29-21(28)26-18-6-7-19(26)9-17(8-18)20(27)25-12-16-10-23(4,14-25)13-24(5,11-16)15-25/h16-19H,6-15H2,1-5H3. The average Bonchev–Trinajstić information content (AvgIpc) is 2.79. The van der Waals surface area contributed by atoms with Gasteiger partial charge in [0.15, 0.2) is 0 Å². The molecule has 1 amide bonds. The fourth-order valence-corrected chi connectivity index (χ4v) is 9.16. The van der Waals surface area contributed by atoms with E-state index in [2.05, 4.69) is 13.8 Å². The molecule has 6 fully saturated rings. The van der Waals surface area contributed by atoms with Gasteiger partial charge in [-0.15, -0.1) is 0 Å². The van der Waals surface area contributed by atoms with Crippen molar-refractivity contribution >= 4 is 11.9 Å². The Morgan fingerprint density at radius 1 is 0.897 bits per heavy atom. The number of carbonyl (C=O) groups is 2. The largest absolute Gasteiger partial charge is 0.444 e. The van der Waals surface area contributed by atoms with Gasteiger partial charge in [0.1, 0.15) is 11.4 Å². The van der Waals surface area contributed by atoms with Gasteiger partial charge in [-0.25, -0.2) is 4.79 Å². The summed E-state index contributed by atoms with van der Waals surface area (Å²) in [6.07, 6.45) is 10.9. The number of nitrogens with zero attached hydrogens (tertiary/aromatic N) is 1. The third-order valence-corrected chi connectivity index (χ3v) is 8.86. The molecule has 4 unspecified atom stereocenters. The zero-order valence-corrected chi connectivity index (χ0v) is 19.1. The van der Waals surface area contributed by atoms with Gasteiger partial charge < -0.3 is 9.64 Å². The fourth-order valence-electron chi connectivity index (χ4n) is 9.16. The number of Topliss-reactive ketones (excluding diaryl/α,β-unsaturated/α-hetero) is 1. The van der Waals surface area contributed by atoms with E-state index in [1.807, 2.05) is 25.7 Å². The van der Waals surface area contributed by atoms with Crippen molar-refractivity contribution < 1.29 is 14.3 Å². The number of carbonyl (C=O) groups excluding carboxylic acids is 2. The highest BCUT2D eigenvalue weighted by atomic mass is 16.6. The van der Waals surface area contributed by atoms with Crippen molar-refractivity contribution in [3.05, 3.63) is 0 Å². The van der Waals surface area contributed by atoms with E-state index in [-0.39, 0.29) is 29.5 Å². The van der Waals surface area contributed by atoms with E-state index in [4.69, 9.17) is 4.74 Å². The molecule has 0 aromatic heterocycles. The molecule has 4 heteroatoms. The summed E-state index contributed by atoms with van der Waals surface area (Å²) in [5.74, 6) is 1.47. The minimum Gasteiger partial charge on any atom is -0.444 e. The first-order chi connectivity index (χ1) is 13.4. The first kappa shape index (κ1) is 19.9. The molecule has 4 nitrogen and oxygen atoms in total. The summed E-state index contributed by atoms with van der Waals surface area (Å²) in [6, 6.07) is 0.385. The molecule has 2 saturated heterocycles. The highest BCUT2D eigenvalue weighted by Crippen LogP contribution is 2.70. The van der Waals surface area contributed by atoms with E-state index < -0.39 is 5.60 Å². The number of rotatable bonds is 2. The minimum atomic E-state index is -0.465. The van der Waals surface area contributed by atoms with Crippen LogP contribution in [0, 0.1) is 28.1 Å². The zero-order valence-electron chi connectivity index (χ0n) is 19.1. The van der Waals surface area contributed by atoms with E-state index >= 15 is 0 Å². The van der Waals surface area contributed by atoms with Gasteiger partial charge in [0.2, 0.25) is 0 Å². The summed E-state index contributed by atoms with van der Waals surface area (Å²) in [7, 11) is 0. The summed E-state index contributed by atoms with van der Waals surface area (Å²) < 4.78 is 5.68. The summed E-state index contributed by atoms with van der Waals surface area (Å²) >= 11 is 0. The van der Waals surface area contributed by atoms with E-state index in [9.17, 15) is 9.59 Å². The van der Waals surface area contributed by atoms with Crippen molar-refractivity contribution in [2.45, 2.75) is 117 Å². The molecular formula is C25H39NO3. The van der Waals surface area contributed by atoms with Crippen molar-refractivity contribution in [2.75, 3.05) is 0 Å². The normalized spacial score (nSPS) is 48.1. The van der Waals surface area contributed by atoms with Gasteiger partial charge in [0.05, 0.1) is 0 Å². The van der Waals surface area contributed by atoms with E-state index in [1.165, 1.54) is 19.3 Å². The highest BCUT2D eigenvalue weighted by Gasteiger charge is 2.63. The molecule has 6 aliphatic rings. The number of piperidine rings is 1. The predicted octanol–water partition coefficient (Wildman–Crippen LogP) is 5.73. The maximum atomic E-state index is 14.0. The van der Waals surface area contributed by atoms with Crippen molar-refractivity contribution in [1.82, 2.24) is 4.90 Å². The van der Waals surface area contributed by atoms with Crippen LogP contribution in [-0.2, 0) is 9.53 Å². The van der Waals surface area contributed by atoms with E-state index in [1.54, 1.807) is 0 Å². The lowest BCUT2D eigenvalue weighted by molar-refractivity contribution is -0.173. The zero-order chi connectivity index (χ0) is 20.8. The fraction of sp³-hybridized carbons (Fsp3) is 0.920. The van der Waals surface area contributed by atoms with E-state index in [0.29, 0.717) is 16.6 Å². The Morgan fingerprint density at radius 3 is 1.93 bits per heavy atom. The topological polar surface area (TPSA) is 46.6 Å². The van der Waals surface area contributed by atoms with Crippen LogP contribution in [-0.4, -0.2) is 34.5 Å². The second-order valence-corrected chi connectivity index (χ2v) is 13.2. The SMILES string of the molecule is CC12CC3CC(C)(C1)CC(C(=O)C1CC4CCC(C1)N4C(=O)OC(C)(C)C)(C3)C2. The third kappa shape index (κ3) is 3.24. The Hall–Kier alpha value is -1.06. The van der Waals surface area contributed by atoms with Crippen LogP contribution >= 0.6 is 0 Å². The van der Waals surface area contributed by atoms with Crippen LogP contribution in [0.15, 0.2) is 0 Å². The van der Waals surface area contributed by atoms with Crippen LogP contribution < -0.4 is 0 Å². The molecule has 2 aliphatic heterocycles. The molecule has 162 valence electrons. The molecule has 2 heterocycles. The van der Waals surface area contributed by atoms with Crippen LogP contribution in [0.4, 0.5) is 4.79 Å². The molecule has 0 radical (unpaired) electrons. The Kier molecular flexibility index (Phi) is 4.12. The van der Waals surface area contributed by atoms with Crippen molar-refractivity contribution in [2.24, 2.45) is 28.1 Å². The minimum absolute atomic E-state index is 0.0683. The first-order valence-corrected chi connectivity index (χ1v) is 12.0. The molecule has 4 atom stereocenters. The van der Waals surface area contributed by atoms with E-state index in [0.717, 1.165) is 50.9 Å². The van der Waals surface area contributed by atoms with Crippen molar-refractivity contribution in [3.63, 3.8) is 0 Å². The van der Waals surface area contributed by atoms with Crippen LogP contribution in [0.1, 0.15) is 98.8 Å². The summed E-state index contributed by atoms with van der Waals surface area (Å²) in [6.45, 7) is 10.7. The number of hydrogen-bond donors (Lipinski definition) is 0. The van der Waals surface area contributed by atoms with Gasteiger partial charge >= 0.3 is 6.09 Å². The Bertz CT molecular complexity index is 705. The predicted molar refractivity (Wildman–Crippen MR) is 112 cm³/mol. The van der Waals surface area contributed by atoms with Gasteiger partial charge in [-0.3, -0.25) is 4.79 Å². The number of hydrogen-bond acceptors (Lipinski definition) is 3. The van der Waals surface area contributed by atoms with Gasteiger partial charge in [0.25, 0.3) is 0 Å². The summed E-state index contributed by atoms with van der Waals surface area (Å²) in [5.41, 5.74) is 0.217. The molecule has 6 bridgehead atoms. The number of ketones is 1. The lowest BCUT2D eigenvalue weighted by Crippen LogP contribution is -2.59. The Balaban J connectivity index is 1.34. The molecule has 29 heavy (non-hydrogen) atoms. The average molecular weight is 402 g/mol. The van der Waals surface area contributed by atoms with Crippen LogP contribution in [0.25, 0.3) is 0 Å². The maximum absolute atomic E-state index is 14.0. The third-order valence-electron chi connectivity index (χ3n) is 8.86. The monoisotopic (exact) mass is 401 g/mol. The maximum Gasteiger partial charge on any atom is 0.410 e. The highest BCUT2D eigenvalue weighted by molar-refractivity contribution is 5.88. The van der Waals surface area contributed by atoms with Crippen LogP contribution in [0.3, 0.4) is 0 Å². The lowest BCUT2D eigenvalue weighted by atomic mass is 9.39. The molecule has 4 saturated carbocycles. The Labute approximate surface area is 176 Å². The molecule has 0 aromatic carbocycles. The van der Waals surface area contributed by atoms with Gasteiger partial charge in [0, 0.05) is 23.4 Å². The number of ether oxygens (including phenoxy) is 1. The second-order valence-electron chi connectivity index (χ2n) is 13.2. The summed E-state index contributed by atoms with van der Waals surface area (Å²) in [4.78, 5) is 28.8.